The number of halogens is 2. The summed E-state index contributed by atoms with van der Waals surface area (Å²) in [5.41, 5.74) is 2.54. The minimum absolute atomic E-state index is 0.0189. The van der Waals surface area contributed by atoms with Gasteiger partial charge in [0.2, 0.25) is 10.0 Å². The number of benzene rings is 3. The molecule has 0 aromatic heterocycles. The Morgan fingerprint density at radius 3 is 2.50 bits per heavy atom. The van der Waals surface area contributed by atoms with E-state index in [9.17, 15) is 22.3 Å². The van der Waals surface area contributed by atoms with Gasteiger partial charge in [-0.2, -0.15) is 4.31 Å². The zero-order chi connectivity index (χ0) is 22.5. The Morgan fingerprint density at radius 2 is 1.78 bits per heavy atom. The van der Waals surface area contributed by atoms with E-state index in [2.05, 4.69) is 5.32 Å². The van der Waals surface area contributed by atoms with Gasteiger partial charge in [0.1, 0.15) is 11.6 Å². The van der Waals surface area contributed by atoms with Crippen LogP contribution in [0.1, 0.15) is 18.0 Å². The Hall–Kier alpha value is -2.81. The van der Waals surface area contributed by atoms with Crippen molar-refractivity contribution >= 4 is 15.7 Å². The van der Waals surface area contributed by atoms with Crippen molar-refractivity contribution in [2.45, 2.75) is 23.4 Å². The van der Waals surface area contributed by atoms with Gasteiger partial charge in [0.15, 0.2) is 0 Å². The molecule has 5 rings (SSSR count). The van der Waals surface area contributed by atoms with Crippen LogP contribution in [0.15, 0.2) is 71.6 Å². The molecule has 0 amide bonds. The zero-order valence-corrected chi connectivity index (χ0v) is 17.9. The average molecular weight is 457 g/mol. The van der Waals surface area contributed by atoms with Gasteiger partial charge in [-0.05, 0) is 60.0 Å². The summed E-state index contributed by atoms with van der Waals surface area (Å²) in [6, 6.07) is 15.8. The SMILES string of the molecule is O=S(=O)(c1ccc(F)cc1)N1CC[C@H]2[C@H](CO)Nc3ccc(-c4ccccc4F)cc3[C@H]21. The maximum atomic E-state index is 14.4. The molecule has 5 nitrogen and oxygen atoms in total. The summed E-state index contributed by atoms with van der Waals surface area (Å²) in [5, 5.41) is 13.3. The van der Waals surface area contributed by atoms with Gasteiger partial charge in [-0.25, -0.2) is 17.2 Å². The number of aliphatic hydroxyl groups is 1. The third-order valence-electron chi connectivity index (χ3n) is 6.43. The molecule has 0 aliphatic carbocycles. The van der Waals surface area contributed by atoms with Gasteiger partial charge >= 0.3 is 0 Å². The van der Waals surface area contributed by atoms with Crippen LogP contribution in [0.2, 0.25) is 0 Å². The quantitative estimate of drug-likeness (QED) is 0.618. The van der Waals surface area contributed by atoms with E-state index in [-0.39, 0.29) is 35.8 Å². The minimum atomic E-state index is -3.90. The van der Waals surface area contributed by atoms with E-state index in [1.807, 2.05) is 6.07 Å². The van der Waals surface area contributed by atoms with Crippen LogP contribution in [0.25, 0.3) is 11.1 Å². The zero-order valence-electron chi connectivity index (χ0n) is 17.1. The first-order chi connectivity index (χ1) is 15.4. The Bertz CT molecular complexity index is 1260. The van der Waals surface area contributed by atoms with Gasteiger partial charge in [-0.3, -0.25) is 0 Å². The second-order valence-corrected chi connectivity index (χ2v) is 10.1. The first-order valence-corrected chi connectivity index (χ1v) is 11.9. The molecular formula is C24H22F2N2O3S. The molecule has 0 bridgehead atoms. The van der Waals surface area contributed by atoms with Gasteiger partial charge in [-0.15, -0.1) is 0 Å². The maximum Gasteiger partial charge on any atom is 0.243 e. The normalized spacial score (nSPS) is 22.8. The summed E-state index contributed by atoms with van der Waals surface area (Å²) in [4.78, 5) is 0.0189. The van der Waals surface area contributed by atoms with Crippen LogP contribution in [0.4, 0.5) is 14.5 Å². The largest absolute Gasteiger partial charge is 0.394 e. The molecule has 2 heterocycles. The standard InChI is InChI=1S/C24H22F2N2O3S/c25-16-6-8-17(9-7-16)32(30,31)28-12-11-19-23(14-29)27-22-10-5-15(13-20(22)24(19)28)18-3-1-2-4-21(18)26/h1-10,13,19,23-24,27,29H,11-12,14H2/t19-,23-,24-/m0/s1. The molecule has 3 aromatic rings. The second kappa shape index (κ2) is 7.95. The van der Waals surface area contributed by atoms with Crippen molar-refractivity contribution in [2.24, 2.45) is 5.92 Å². The van der Waals surface area contributed by atoms with E-state index >= 15 is 0 Å². The van der Waals surface area contributed by atoms with E-state index in [4.69, 9.17) is 0 Å². The number of nitrogens with one attached hydrogen (secondary N) is 1. The molecule has 0 spiro atoms. The summed E-state index contributed by atoms with van der Waals surface area (Å²) < 4.78 is 56.2. The number of nitrogens with zero attached hydrogens (tertiary/aromatic N) is 1. The molecule has 166 valence electrons. The van der Waals surface area contributed by atoms with Crippen LogP contribution in [0.5, 0.6) is 0 Å². The van der Waals surface area contributed by atoms with E-state index in [0.29, 0.717) is 23.2 Å². The van der Waals surface area contributed by atoms with Crippen LogP contribution in [-0.4, -0.2) is 37.0 Å². The van der Waals surface area contributed by atoms with E-state index in [0.717, 1.165) is 17.7 Å². The molecule has 0 saturated carbocycles. The highest BCUT2D eigenvalue weighted by Crippen LogP contribution is 2.49. The lowest BCUT2D eigenvalue weighted by atomic mass is 9.82. The Labute approximate surface area is 185 Å². The van der Waals surface area contributed by atoms with Crippen molar-refractivity contribution < 1.29 is 22.3 Å². The van der Waals surface area contributed by atoms with Crippen LogP contribution in [-0.2, 0) is 10.0 Å². The van der Waals surface area contributed by atoms with Crippen molar-refractivity contribution in [3.05, 3.63) is 83.9 Å². The highest BCUT2D eigenvalue weighted by Gasteiger charge is 2.48. The highest BCUT2D eigenvalue weighted by atomic mass is 32.2. The number of sulfonamides is 1. The fraction of sp³-hybridized carbons (Fsp3) is 0.250. The van der Waals surface area contributed by atoms with Crippen molar-refractivity contribution in [1.29, 1.82) is 0 Å². The molecule has 2 N–H and O–H groups in total. The Kier molecular flexibility index (Phi) is 5.23. The molecule has 0 radical (unpaired) electrons. The molecule has 8 heteroatoms. The minimum Gasteiger partial charge on any atom is -0.394 e. The molecule has 3 aromatic carbocycles. The second-order valence-electron chi connectivity index (χ2n) is 8.18. The van der Waals surface area contributed by atoms with Crippen molar-refractivity contribution in [3.63, 3.8) is 0 Å². The number of hydrogen-bond donors (Lipinski definition) is 2. The molecule has 32 heavy (non-hydrogen) atoms. The molecule has 2 aliphatic heterocycles. The van der Waals surface area contributed by atoms with Gasteiger partial charge in [0.05, 0.1) is 23.6 Å². The first kappa shape index (κ1) is 21.1. The number of aliphatic hydroxyl groups excluding tert-OH is 1. The third-order valence-corrected chi connectivity index (χ3v) is 8.32. The molecule has 0 unspecified atom stereocenters. The van der Waals surface area contributed by atoms with Crippen LogP contribution in [0.3, 0.4) is 0 Å². The van der Waals surface area contributed by atoms with Crippen molar-refractivity contribution in [2.75, 3.05) is 18.5 Å². The molecule has 3 atom stereocenters. The fourth-order valence-corrected chi connectivity index (χ4v) is 6.56. The predicted molar refractivity (Wildman–Crippen MR) is 117 cm³/mol. The predicted octanol–water partition coefficient (Wildman–Crippen LogP) is 4.17. The van der Waals surface area contributed by atoms with E-state index in [1.165, 1.54) is 22.5 Å². The maximum absolute atomic E-state index is 14.4. The monoisotopic (exact) mass is 456 g/mol. The number of anilines is 1. The smallest absolute Gasteiger partial charge is 0.243 e. The highest BCUT2D eigenvalue weighted by molar-refractivity contribution is 7.89. The van der Waals surface area contributed by atoms with Crippen LogP contribution in [0, 0.1) is 17.6 Å². The molecule has 2 aliphatic rings. The molecular weight excluding hydrogens is 434 g/mol. The summed E-state index contributed by atoms with van der Waals surface area (Å²) in [6.45, 7) is 0.136. The van der Waals surface area contributed by atoms with Gasteiger partial charge < -0.3 is 10.4 Å². The summed E-state index contributed by atoms with van der Waals surface area (Å²) >= 11 is 0. The number of hydrogen-bond acceptors (Lipinski definition) is 4. The lowest BCUT2D eigenvalue weighted by Gasteiger charge is -2.39. The molecule has 1 saturated heterocycles. The topological polar surface area (TPSA) is 69.6 Å². The summed E-state index contributed by atoms with van der Waals surface area (Å²) in [6.07, 6.45) is 0.562. The summed E-state index contributed by atoms with van der Waals surface area (Å²) in [7, 11) is -3.90. The van der Waals surface area contributed by atoms with Crippen LogP contribution < -0.4 is 5.32 Å². The first-order valence-electron chi connectivity index (χ1n) is 10.4. The van der Waals surface area contributed by atoms with Crippen molar-refractivity contribution in [1.82, 2.24) is 4.31 Å². The van der Waals surface area contributed by atoms with Gasteiger partial charge in [0, 0.05) is 23.7 Å². The fourth-order valence-electron chi connectivity index (χ4n) is 4.90. The Morgan fingerprint density at radius 1 is 1.03 bits per heavy atom. The number of rotatable bonds is 4. The lowest BCUT2D eigenvalue weighted by molar-refractivity contribution is 0.210. The third kappa shape index (κ3) is 3.39. The van der Waals surface area contributed by atoms with Crippen LogP contribution >= 0.6 is 0 Å². The Balaban J connectivity index is 1.62. The van der Waals surface area contributed by atoms with Gasteiger partial charge in [0.25, 0.3) is 0 Å². The van der Waals surface area contributed by atoms with Gasteiger partial charge in [-0.1, -0.05) is 24.3 Å². The molecule has 1 fully saturated rings. The number of fused-ring (bicyclic) bond motifs is 3. The van der Waals surface area contributed by atoms with E-state index < -0.39 is 21.9 Å². The lowest BCUT2D eigenvalue weighted by Crippen LogP contribution is -2.42. The average Bonchev–Trinajstić information content (AvgIpc) is 3.25. The summed E-state index contributed by atoms with van der Waals surface area (Å²) in [5.74, 6) is -1.02. The van der Waals surface area contributed by atoms with E-state index in [1.54, 1.807) is 30.3 Å². The van der Waals surface area contributed by atoms with Crippen molar-refractivity contribution in [3.8, 4) is 11.1 Å².